The summed E-state index contributed by atoms with van der Waals surface area (Å²) in [6, 6.07) is 0. The lowest BCUT2D eigenvalue weighted by molar-refractivity contribution is -0.161. The summed E-state index contributed by atoms with van der Waals surface area (Å²) in [5.74, 6) is 0.997. The Hall–Kier alpha value is -1.94. The van der Waals surface area contributed by atoms with E-state index >= 15 is 0 Å². The van der Waals surface area contributed by atoms with Gasteiger partial charge in [0.15, 0.2) is 12.2 Å². The van der Waals surface area contributed by atoms with Crippen LogP contribution in [0.1, 0.15) is 402 Å². The van der Waals surface area contributed by atoms with Gasteiger partial charge in [-0.15, -0.1) is 0 Å². The molecule has 0 aliphatic carbocycles. The second kappa shape index (κ2) is 68.2. The zero-order chi connectivity index (χ0) is 72.4. The molecule has 0 aromatic heterocycles. The fourth-order valence-corrected chi connectivity index (χ4v) is 13.6. The Balaban J connectivity index is 5.27. The number of carbonyl (C=O) groups excluding carboxylic acids is 4. The van der Waals surface area contributed by atoms with Crippen molar-refractivity contribution in [2.24, 2.45) is 23.7 Å². The average Bonchev–Trinajstić information content (AvgIpc) is 0.974. The molecule has 0 saturated carbocycles. The van der Waals surface area contributed by atoms with Crippen molar-refractivity contribution in [2.75, 3.05) is 39.6 Å². The molecule has 3 N–H and O–H groups in total. The lowest BCUT2D eigenvalue weighted by atomic mass is 9.99. The first-order chi connectivity index (χ1) is 47.1. The van der Waals surface area contributed by atoms with E-state index in [-0.39, 0.29) is 25.7 Å². The molecule has 0 aromatic carbocycles. The number of aliphatic hydroxyl groups excluding tert-OH is 1. The smallest absolute Gasteiger partial charge is 0.462 e. The minimum Gasteiger partial charge on any atom is -0.462 e. The molecule has 17 nitrogen and oxygen atoms in total. The molecule has 6 atom stereocenters. The second-order valence-corrected chi connectivity index (χ2v) is 33.0. The van der Waals surface area contributed by atoms with Crippen molar-refractivity contribution in [3.8, 4) is 0 Å². The Morgan fingerprint density at radius 1 is 0.286 bits per heavy atom. The SMILES string of the molecule is CCC(C)CCCCCCCCCCCCC(=O)O[C@H](COC(=O)CCCCCCCCCCC(C)C)COP(=O)(O)OC[C@H](O)COP(=O)(O)OC[C@@H](COC(=O)CCCCCCCCCCCCCCC(C)C)OC(=O)CCCCCCCCCCCCCCCCCC(C)C. The maximum absolute atomic E-state index is 13.1. The van der Waals surface area contributed by atoms with Crippen LogP contribution in [0.3, 0.4) is 0 Å². The van der Waals surface area contributed by atoms with Crippen LogP contribution in [0.4, 0.5) is 0 Å². The zero-order valence-corrected chi connectivity index (χ0v) is 66.2. The van der Waals surface area contributed by atoms with Crippen molar-refractivity contribution in [2.45, 2.75) is 420 Å². The largest absolute Gasteiger partial charge is 0.472 e. The van der Waals surface area contributed by atoms with Gasteiger partial charge in [-0.3, -0.25) is 37.3 Å². The highest BCUT2D eigenvalue weighted by molar-refractivity contribution is 7.47. The van der Waals surface area contributed by atoms with Crippen LogP contribution < -0.4 is 0 Å². The summed E-state index contributed by atoms with van der Waals surface area (Å²) < 4.78 is 68.7. The van der Waals surface area contributed by atoms with Crippen LogP contribution in [-0.4, -0.2) is 96.7 Å². The monoisotopic (exact) mass is 1440 g/mol. The fourth-order valence-electron chi connectivity index (χ4n) is 12.0. The van der Waals surface area contributed by atoms with Crippen LogP contribution in [0.2, 0.25) is 0 Å². The van der Waals surface area contributed by atoms with Crippen molar-refractivity contribution in [1.82, 2.24) is 0 Å². The molecule has 3 unspecified atom stereocenters. The van der Waals surface area contributed by atoms with E-state index < -0.39 is 97.5 Å². The van der Waals surface area contributed by atoms with E-state index in [0.717, 1.165) is 114 Å². The Kier molecular flexibility index (Phi) is 66.8. The Morgan fingerprint density at radius 2 is 0.490 bits per heavy atom. The summed E-state index contributed by atoms with van der Waals surface area (Å²) >= 11 is 0. The van der Waals surface area contributed by atoms with Gasteiger partial charge in [0.2, 0.25) is 0 Å². The third-order valence-electron chi connectivity index (χ3n) is 18.7. The third kappa shape index (κ3) is 71.1. The van der Waals surface area contributed by atoms with E-state index in [4.69, 9.17) is 37.0 Å². The number of unbranched alkanes of at least 4 members (excludes halogenated alkanes) is 41. The van der Waals surface area contributed by atoms with Gasteiger partial charge in [0.05, 0.1) is 26.4 Å². The Morgan fingerprint density at radius 3 is 0.724 bits per heavy atom. The normalized spacial score (nSPS) is 14.3. The van der Waals surface area contributed by atoms with Gasteiger partial charge in [-0.2, -0.15) is 0 Å². The molecule has 0 heterocycles. The Labute approximate surface area is 600 Å². The summed E-state index contributed by atoms with van der Waals surface area (Å²) in [6.45, 7) is 14.3. The van der Waals surface area contributed by atoms with Gasteiger partial charge in [0.1, 0.15) is 19.3 Å². The highest BCUT2D eigenvalue weighted by Crippen LogP contribution is 2.45. The molecule has 0 aliphatic heterocycles. The van der Waals surface area contributed by atoms with Crippen LogP contribution in [0, 0.1) is 23.7 Å². The summed E-state index contributed by atoms with van der Waals surface area (Å²) in [4.78, 5) is 73.0. The average molecular weight is 1440 g/mol. The van der Waals surface area contributed by atoms with E-state index in [2.05, 4.69) is 55.4 Å². The number of carbonyl (C=O) groups is 4. The summed E-state index contributed by atoms with van der Waals surface area (Å²) in [7, 11) is -9.92. The summed E-state index contributed by atoms with van der Waals surface area (Å²) in [5.41, 5.74) is 0. The van der Waals surface area contributed by atoms with Crippen molar-refractivity contribution < 1.29 is 80.2 Å². The molecule has 98 heavy (non-hydrogen) atoms. The second-order valence-electron chi connectivity index (χ2n) is 30.1. The first-order valence-electron chi connectivity index (χ1n) is 40.7. The number of rotatable bonds is 76. The van der Waals surface area contributed by atoms with E-state index in [1.807, 2.05) is 0 Å². The van der Waals surface area contributed by atoms with E-state index in [0.29, 0.717) is 25.7 Å². The summed E-state index contributed by atoms with van der Waals surface area (Å²) in [6.07, 6.45) is 54.0. The minimum absolute atomic E-state index is 0.105. The highest BCUT2D eigenvalue weighted by Gasteiger charge is 2.30. The number of aliphatic hydroxyl groups is 1. The molecule has 582 valence electrons. The predicted octanol–water partition coefficient (Wildman–Crippen LogP) is 23.2. The number of hydrogen-bond acceptors (Lipinski definition) is 15. The van der Waals surface area contributed by atoms with Gasteiger partial charge in [0.25, 0.3) is 0 Å². The standard InChI is InChI=1S/C79H154O17P2/c1-9-72(8)58-50-42-34-25-21-22-28-38-46-54-62-79(84)96-75(66-90-77(82)60-52-44-36-30-29-33-41-49-57-71(6)7)68-94-98(87,88)92-64-73(80)63-91-97(85,86)93-67-74(65-89-76(81)59-51-43-35-26-19-16-15-18-24-32-40-48-56-70(4)5)95-78(83)61-53-45-37-27-20-14-12-10-11-13-17-23-31-39-47-55-69(2)3/h69-75,80H,9-68H2,1-8H3,(H,85,86)(H,87,88)/t72?,73-,74-,75-/m1/s1. The fraction of sp³-hybridized carbons (Fsp3) is 0.949. The highest BCUT2D eigenvalue weighted by atomic mass is 31.2. The van der Waals surface area contributed by atoms with Gasteiger partial charge in [-0.25, -0.2) is 9.13 Å². The molecule has 0 radical (unpaired) electrons. The molecule has 0 fully saturated rings. The minimum atomic E-state index is -4.96. The molecule has 0 spiro atoms. The molecule has 0 aliphatic rings. The predicted molar refractivity (Wildman–Crippen MR) is 400 cm³/mol. The van der Waals surface area contributed by atoms with Crippen LogP contribution >= 0.6 is 15.6 Å². The molecule has 0 amide bonds. The van der Waals surface area contributed by atoms with Crippen LogP contribution in [0.5, 0.6) is 0 Å². The van der Waals surface area contributed by atoms with Gasteiger partial charge < -0.3 is 33.8 Å². The third-order valence-corrected chi connectivity index (χ3v) is 20.6. The maximum Gasteiger partial charge on any atom is 0.472 e. The van der Waals surface area contributed by atoms with E-state index in [1.165, 1.54) is 205 Å². The quantitative estimate of drug-likeness (QED) is 0.0222. The Bertz CT molecular complexity index is 1920. The number of esters is 4. The first kappa shape index (κ1) is 96.1. The molecular weight excluding hydrogens is 1280 g/mol. The zero-order valence-electron chi connectivity index (χ0n) is 64.4. The molecule has 19 heteroatoms. The number of phosphoric acid groups is 2. The molecule has 0 aromatic rings. The van der Waals surface area contributed by atoms with Crippen LogP contribution in [0.15, 0.2) is 0 Å². The van der Waals surface area contributed by atoms with Crippen molar-refractivity contribution >= 4 is 39.5 Å². The van der Waals surface area contributed by atoms with Crippen molar-refractivity contribution in [3.05, 3.63) is 0 Å². The molecule has 0 saturated heterocycles. The van der Waals surface area contributed by atoms with Gasteiger partial charge in [-0.05, 0) is 49.4 Å². The van der Waals surface area contributed by atoms with E-state index in [9.17, 15) is 43.2 Å². The first-order valence-corrected chi connectivity index (χ1v) is 43.7. The van der Waals surface area contributed by atoms with Crippen molar-refractivity contribution in [3.63, 3.8) is 0 Å². The number of ether oxygens (including phenoxy) is 4. The molecular formula is C79H154O17P2. The number of hydrogen-bond donors (Lipinski definition) is 3. The maximum atomic E-state index is 13.1. The van der Waals surface area contributed by atoms with Gasteiger partial charge >= 0.3 is 39.5 Å². The van der Waals surface area contributed by atoms with E-state index in [1.54, 1.807) is 0 Å². The van der Waals surface area contributed by atoms with Crippen LogP contribution in [-0.2, 0) is 65.4 Å². The summed E-state index contributed by atoms with van der Waals surface area (Å²) in [5, 5.41) is 10.6. The van der Waals surface area contributed by atoms with Gasteiger partial charge in [-0.1, -0.05) is 351 Å². The molecule has 0 bridgehead atoms. The number of phosphoric ester groups is 2. The lowest BCUT2D eigenvalue weighted by Crippen LogP contribution is -2.30. The van der Waals surface area contributed by atoms with Crippen molar-refractivity contribution in [1.29, 1.82) is 0 Å². The lowest BCUT2D eigenvalue weighted by Gasteiger charge is -2.21. The topological polar surface area (TPSA) is 237 Å². The molecule has 0 rings (SSSR count). The van der Waals surface area contributed by atoms with Crippen LogP contribution in [0.25, 0.3) is 0 Å². The van der Waals surface area contributed by atoms with Gasteiger partial charge in [0, 0.05) is 25.7 Å².